The Hall–Kier alpha value is -2.72. The summed E-state index contributed by atoms with van der Waals surface area (Å²) < 4.78 is 32.0. The van der Waals surface area contributed by atoms with Gasteiger partial charge in [0.1, 0.15) is 24.2 Å². The fourth-order valence-corrected chi connectivity index (χ4v) is 3.35. The van der Waals surface area contributed by atoms with E-state index >= 15 is 0 Å². The van der Waals surface area contributed by atoms with Crippen LogP contribution < -0.4 is 16.6 Å². The van der Waals surface area contributed by atoms with Crippen LogP contribution in [0.1, 0.15) is 26.5 Å². The predicted octanol–water partition coefficient (Wildman–Crippen LogP) is -1.17. The SMILES string of the molecule is CCOC(=O)CNCC(=O)OCC.Nc1ncnc2c1ncn2[C@H]1C[C@H](O)[C@@H](COP(N)(=O)O)O1. The van der Waals surface area contributed by atoms with Crippen molar-refractivity contribution in [3.63, 3.8) is 0 Å². The molecule has 0 radical (unpaired) electrons. The first-order valence-electron chi connectivity index (χ1n) is 10.6. The second-order valence-electron chi connectivity index (χ2n) is 7.09. The highest BCUT2D eigenvalue weighted by Gasteiger charge is 2.37. The smallest absolute Gasteiger partial charge is 0.400 e. The lowest BCUT2D eigenvalue weighted by molar-refractivity contribution is -0.143. The van der Waals surface area contributed by atoms with Gasteiger partial charge in [-0.25, -0.2) is 25.0 Å². The molecule has 2 aromatic heterocycles. The fraction of sp³-hybridized carbons (Fsp3) is 0.611. The van der Waals surface area contributed by atoms with Gasteiger partial charge in [0.05, 0.1) is 45.3 Å². The Bertz CT molecular complexity index is 1010. The third kappa shape index (κ3) is 9.10. The number of hydrogen-bond donors (Lipinski definition) is 5. The van der Waals surface area contributed by atoms with Crippen LogP contribution in [0.25, 0.3) is 11.2 Å². The average molecular weight is 519 g/mol. The Morgan fingerprint density at radius 2 is 1.86 bits per heavy atom. The summed E-state index contributed by atoms with van der Waals surface area (Å²) in [6, 6.07) is 0. The van der Waals surface area contributed by atoms with Crippen molar-refractivity contribution in [2.75, 3.05) is 38.6 Å². The molecule has 0 bridgehead atoms. The number of carbonyl (C=O) groups is 2. The third-order valence-electron chi connectivity index (χ3n) is 4.47. The van der Waals surface area contributed by atoms with Crippen LogP contribution in [0.15, 0.2) is 12.7 Å². The molecular formula is C18H30N7O9P. The van der Waals surface area contributed by atoms with Crippen molar-refractivity contribution in [2.24, 2.45) is 5.50 Å². The van der Waals surface area contributed by atoms with Gasteiger partial charge in [-0.3, -0.25) is 24.0 Å². The molecule has 1 aliphatic rings. The molecule has 3 rings (SSSR count). The minimum absolute atomic E-state index is 0.0344. The van der Waals surface area contributed by atoms with Gasteiger partial charge in [0.15, 0.2) is 11.5 Å². The molecule has 1 fully saturated rings. The van der Waals surface area contributed by atoms with E-state index in [0.717, 1.165) is 0 Å². The molecule has 0 aliphatic carbocycles. The summed E-state index contributed by atoms with van der Waals surface area (Å²) >= 11 is 0. The quantitative estimate of drug-likeness (QED) is 0.184. The standard InChI is InChI=1S/C10H15N6O5P.C8H15NO4/c11-9-8-10(14-3-13-9)16(4-15-8)7-1-5(17)6(21-7)2-20-22(12,18)19;1-3-12-7(10)5-9-6-8(11)13-4-2/h3-7,17H,1-2H2,(H2,11,13,14)(H3,12,18,19);9H,3-6H2,1-2H3/t5-,6+,7+;/m0./s1. The van der Waals surface area contributed by atoms with Crippen molar-refractivity contribution in [3.05, 3.63) is 12.7 Å². The van der Waals surface area contributed by atoms with E-state index in [1.165, 1.54) is 12.7 Å². The van der Waals surface area contributed by atoms with Crippen molar-refractivity contribution in [3.8, 4) is 0 Å². The minimum Gasteiger partial charge on any atom is -0.465 e. The van der Waals surface area contributed by atoms with Gasteiger partial charge in [-0.15, -0.1) is 0 Å². The van der Waals surface area contributed by atoms with Gasteiger partial charge in [0.2, 0.25) is 0 Å². The fourth-order valence-electron chi connectivity index (χ4n) is 2.99. The Labute approximate surface area is 200 Å². The number of aliphatic hydroxyl groups excluding tert-OH is 1. The molecule has 1 unspecified atom stereocenters. The summed E-state index contributed by atoms with van der Waals surface area (Å²) in [6.07, 6.45) is 0.802. The van der Waals surface area contributed by atoms with E-state index < -0.39 is 26.2 Å². The van der Waals surface area contributed by atoms with Crippen molar-refractivity contribution < 1.29 is 42.9 Å². The third-order valence-corrected chi connectivity index (χ3v) is 4.99. The summed E-state index contributed by atoms with van der Waals surface area (Å²) in [5.41, 5.74) is 11.5. The van der Waals surface area contributed by atoms with E-state index in [1.54, 1.807) is 18.4 Å². The largest absolute Gasteiger partial charge is 0.465 e. The second kappa shape index (κ2) is 13.4. The topological polar surface area (TPSA) is 236 Å². The van der Waals surface area contributed by atoms with Crippen LogP contribution in [0.2, 0.25) is 0 Å². The number of anilines is 1. The number of rotatable bonds is 10. The Morgan fingerprint density at radius 3 is 2.43 bits per heavy atom. The van der Waals surface area contributed by atoms with Crippen molar-refractivity contribution in [1.29, 1.82) is 0 Å². The number of aromatic nitrogens is 4. The zero-order valence-corrected chi connectivity index (χ0v) is 20.2. The maximum absolute atomic E-state index is 10.9. The monoisotopic (exact) mass is 519 g/mol. The molecular weight excluding hydrogens is 489 g/mol. The first-order valence-corrected chi connectivity index (χ1v) is 12.2. The van der Waals surface area contributed by atoms with Gasteiger partial charge >= 0.3 is 19.7 Å². The molecule has 1 saturated heterocycles. The van der Waals surface area contributed by atoms with Crippen LogP contribution in [0, 0.1) is 0 Å². The number of nitrogens with zero attached hydrogens (tertiary/aromatic N) is 4. The first-order chi connectivity index (χ1) is 16.6. The molecule has 0 spiro atoms. The highest BCUT2D eigenvalue weighted by Crippen LogP contribution is 2.36. The van der Waals surface area contributed by atoms with E-state index in [9.17, 15) is 19.3 Å². The van der Waals surface area contributed by atoms with Crippen LogP contribution in [0.3, 0.4) is 0 Å². The van der Waals surface area contributed by atoms with Crippen LogP contribution in [0.5, 0.6) is 0 Å². The molecule has 7 N–H and O–H groups in total. The molecule has 1 aliphatic heterocycles. The van der Waals surface area contributed by atoms with Gasteiger partial charge in [0, 0.05) is 6.42 Å². The molecule has 0 amide bonds. The summed E-state index contributed by atoms with van der Waals surface area (Å²) in [7, 11) is -4.12. The number of carbonyl (C=O) groups excluding carboxylic acids is 2. The number of nitrogen functional groups attached to an aromatic ring is 1. The number of esters is 2. The van der Waals surface area contributed by atoms with Crippen molar-refractivity contribution in [2.45, 2.75) is 38.7 Å². The van der Waals surface area contributed by atoms with Crippen molar-refractivity contribution in [1.82, 2.24) is 24.8 Å². The van der Waals surface area contributed by atoms with E-state index in [0.29, 0.717) is 24.4 Å². The zero-order chi connectivity index (χ0) is 26.0. The average Bonchev–Trinajstić information content (AvgIpc) is 3.37. The summed E-state index contributed by atoms with van der Waals surface area (Å²) in [5.74, 6) is -0.495. The molecule has 196 valence electrons. The van der Waals surface area contributed by atoms with E-state index in [2.05, 4.69) is 34.3 Å². The Kier molecular flexibility index (Phi) is 10.9. The lowest BCUT2D eigenvalue weighted by atomic mass is 10.2. The first kappa shape index (κ1) is 28.5. The molecule has 0 saturated carbocycles. The lowest BCUT2D eigenvalue weighted by Crippen LogP contribution is -2.30. The molecule has 35 heavy (non-hydrogen) atoms. The maximum atomic E-state index is 10.9. The van der Waals surface area contributed by atoms with Crippen LogP contribution in [0.4, 0.5) is 5.82 Å². The molecule has 0 aromatic carbocycles. The van der Waals surface area contributed by atoms with Crippen LogP contribution in [-0.2, 0) is 32.9 Å². The lowest BCUT2D eigenvalue weighted by Gasteiger charge is -2.16. The van der Waals surface area contributed by atoms with Gasteiger partial charge in [-0.05, 0) is 13.8 Å². The zero-order valence-electron chi connectivity index (χ0n) is 19.3. The summed E-state index contributed by atoms with van der Waals surface area (Å²) in [5, 5.41) is 12.6. The number of hydrogen-bond acceptors (Lipinski definition) is 13. The number of nitrogens with one attached hydrogen (secondary N) is 1. The van der Waals surface area contributed by atoms with Crippen molar-refractivity contribution >= 4 is 36.7 Å². The molecule has 3 heterocycles. The number of fused-ring (bicyclic) bond motifs is 1. The summed E-state index contributed by atoms with van der Waals surface area (Å²) in [4.78, 5) is 42.5. The second-order valence-corrected chi connectivity index (χ2v) is 8.48. The predicted molar refractivity (Wildman–Crippen MR) is 120 cm³/mol. The molecule has 17 heteroatoms. The van der Waals surface area contributed by atoms with E-state index in [4.69, 9.17) is 20.9 Å². The Morgan fingerprint density at radius 1 is 1.23 bits per heavy atom. The summed E-state index contributed by atoms with van der Waals surface area (Å²) in [6.45, 7) is 3.91. The number of aliphatic hydroxyl groups is 1. The minimum atomic E-state index is -4.12. The van der Waals surface area contributed by atoms with Gasteiger partial charge in [-0.2, -0.15) is 0 Å². The normalized spacial score (nSPS) is 21.1. The maximum Gasteiger partial charge on any atom is 0.400 e. The van der Waals surface area contributed by atoms with Gasteiger partial charge in [0.25, 0.3) is 0 Å². The highest BCUT2D eigenvalue weighted by molar-refractivity contribution is 7.50. The number of nitrogens with two attached hydrogens (primary N) is 2. The van der Waals surface area contributed by atoms with Crippen LogP contribution >= 0.6 is 7.75 Å². The molecule has 2 aromatic rings. The van der Waals surface area contributed by atoms with Crippen LogP contribution in [-0.4, -0.2) is 86.6 Å². The molecule has 16 nitrogen and oxygen atoms in total. The van der Waals surface area contributed by atoms with Gasteiger partial charge < -0.3 is 29.9 Å². The van der Waals surface area contributed by atoms with E-state index in [1.807, 2.05) is 0 Å². The molecule has 4 atom stereocenters. The van der Waals surface area contributed by atoms with E-state index in [-0.39, 0.29) is 43.9 Å². The Balaban J connectivity index is 0.000000287. The number of imidazole rings is 1. The number of ether oxygens (including phenoxy) is 3. The highest BCUT2D eigenvalue weighted by atomic mass is 31.2. The van der Waals surface area contributed by atoms with Gasteiger partial charge in [-0.1, -0.05) is 0 Å².